The van der Waals surface area contributed by atoms with Gasteiger partial charge in [-0.2, -0.15) is 5.10 Å². The molecule has 0 saturated heterocycles. The Morgan fingerprint density at radius 1 is 1.29 bits per heavy atom. The molecule has 4 heteroatoms. The van der Waals surface area contributed by atoms with Gasteiger partial charge in [-0.1, -0.05) is 12.1 Å². The fraction of sp³-hybridized carbons (Fsp3) is 0.308. The van der Waals surface area contributed by atoms with Gasteiger partial charge in [0.25, 0.3) is 0 Å². The van der Waals surface area contributed by atoms with Crippen LogP contribution in [0, 0.1) is 6.92 Å². The monoisotopic (exact) mass is 231 g/mol. The zero-order chi connectivity index (χ0) is 12.4. The van der Waals surface area contributed by atoms with E-state index in [1.807, 2.05) is 41.9 Å². The summed E-state index contributed by atoms with van der Waals surface area (Å²) in [6.07, 6.45) is 0. The van der Waals surface area contributed by atoms with Gasteiger partial charge in [-0.05, 0) is 31.5 Å². The van der Waals surface area contributed by atoms with Crippen molar-refractivity contribution in [3.8, 4) is 5.75 Å². The molecule has 2 N–H and O–H groups in total. The van der Waals surface area contributed by atoms with Crippen molar-refractivity contribution in [1.82, 2.24) is 9.78 Å². The van der Waals surface area contributed by atoms with Gasteiger partial charge in [0.15, 0.2) is 0 Å². The fourth-order valence-corrected chi connectivity index (χ4v) is 1.87. The number of aryl methyl sites for hydroxylation is 1. The highest BCUT2D eigenvalue weighted by Crippen LogP contribution is 2.23. The molecule has 0 saturated carbocycles. The van der Waals surface area contributed by atoms with Crippen LogP contribution in [0.15, 0.2) is 30.3 Å². The lowest BCUT2D eigenvalue weighted by Gasteiger charge is -2.14. The Balaban J connectivity index is 2.30. The number of benzene rings is 1. The van der Waals surface area contributed by atoms with Crippen LogP contribution >= 0.6 is 0 Å². The van der Waals surface area contributed by atoms with Crippen molar-refractivity contribution in [2.75, 3.05) is 12.8 Å². The normalized spacial score (nSPS) is 12.4. The van der Waals surface area contributed by atoms with Crippen molar-refractivity contribution in [3.05, 3.63) is 41.6 Å². The molecule has 0 spiro atoms. The molecule has 1 aromatic carbocycles. The lowest BCUT2D eigenvalue weighted by Crippen LogP contribution is -2.11. The Morgan fingerprint density at radius 3 is 2.41 bits per heavy atom. The van der Waals surface area contributed by atoms with Crippen molar-refractivity contribution >= 4 is 5.82 Å². The molecule has 0 amide bonds. The highest BCUT2D eigenvalue weighted by atomic mass is 16.5. The molecule has 2 rings (SSSR count). The minimum Gasteiger partial charge on any atom is -0.497 e. The Bertz CT molecular complexity index is 502. The van der Waals surface area contributed by atoms with E-state index >= 15 is 0 Å². The number of nitrogen functional groups attached to an aromatic ring is 1. The van der Waals surface area contributed by atoms with Gasteiger partial charge in [0.1, 0.15) is 11.6 Å². The molecule has 1 aromatic heterocycles. The summed E-state index contributed by atoms with van der Waals surface area (Å²) in [4.78, 5) is 0. The lowest BCUT2D eigenvalue weighted by molar-refractivity contribution is 0.414. The third-order valence-corrected chi connectivity index (χ3v) is 2.85. The van der Waals surface area contributed by atoms with E-state index in [-0.39, 0.29) is 6.04 Å². The molecule has 2 aromatic rings. The number of anilines is 1. The van der Waals surface area contributed by atoms with Crippen molar-refractivity contribution in [2.45, 2.75) is 19.9 Å². The molecular weight excluding hydrogens is 214 g/mol. The number of hydrogen-bond acceptors (Lipinski definition) is 3. The molecule has 0 aliphatic heterocycles. The number of ether oxygens (including phenoxy) is 1. The van der Waals surface area contributed by atoms with Gasteiger partial charge < -0.3 is 10.5 Å². The summed E-state index contributed by atoms with van der Waals surface area (Å²) in [5, 5.41) is 4.39. The third kappa shape index (κ3) is 2.25. The van der Waals surface area contributed by atoms with Crippen LogP contribution in [-0.4, -0.2) is 16.9 Å². The Morgan fingerprint density at radius 2 is 1.94 bits per heavy atom. The first-order valence-corrected chi connectivity index (χ1v) is 5.57. The lowest BCUT2D eigenvalue weighted by atomic mass is 10.1. The first-order valence-electron chi connectivity index (χ1n) is 5.57. The smallest absolute Gasteiger partial charge is 0.122 e. The second-order valence-electron chi connectivity index (χ2n) is 4.10. The van der Waals surface area contributed by atoms with E-state index in [0.717, 1.165) is 17.0 Å². The average Bonchev–Trinajstić information content (AvgIpc) is 2.68. The van der Waals surface area contributed by atoms with Gasteiger partial charge in [-0.3, -0.25) is 0 Å². The highest BCUT2D eigenvalue weighted by molar-refractivity contribution is 5.35. The van der Waals surface area contributed by atoms with E-state index < -0.39 is 0 Å². The summed E-state index contributed by atoms with van der Waals surface area (Å²) < 4.78 is 6.97. The van der Waals surface area contributed by atoms with E-state index in [9.17, 15) is 0 Å². The first kappa shape index (κ1) is 11.5. The van der Waals surface area contributed by atoms with Crippen LogP contribution in [0.2, 0.25) is 0 Å². The minimum absolute atomic E-state index is 0.120. The molecule has 1 heterocycles. The van der Waals surface area contributed by atoms with Gasteiger partial charge in [-0.25, -0.2) is 4.68 Å². The van der Waals surface area contributed by atoms with Crippen molar-refractivity contribution in [1.29, 1.82) is 0 Å². The molecule has 4 nitrogen and oxygen atoms in total. The molecule has 1 atom stereocenters. The van der Waals surface area contributed by atoms with Crippen LogP contribution in [0.1, 0.15) is 24.2 Å². The molecule has 17 heavy (non-hydrogen) atoms. The largest absolute Gasteiger partial charge is 0.497 e. The molecule has 0 aliphatic rings. The zero-order valence-electron chi connectivity index (χ0n) is 10.3. The van der Waals surface area contributed by atoms with E-state index in [4.69, 9.17) is 10.5 Å². The van der Waals surface area contributed by atoms with Crippen LogP contribution in [0.3, 0.4) is 0 Å². The summed E-state index contributed by atoms with van der Waals surface area (Å²) in [5.74, 6) is 1.54. The molecule has 0 aliphatic carbocycles. The number of aromatic nitrogens is 2. The molecule has 0 fully saturated rings. The van der Waals surface area contributed by atoms with Crippen molar-refractivity contribution in [3.63, 3.8) is 0 Å². The van der Waals surface area contributed by atoms with Crippen LogP contribution in [0.5, 0.6) is 5.75 Å². The van der Waals surface area contributed by atoms with Gasteiger partial charge in [-0.15, -0.1) is 0 Å². The van der Waals surface area contributed by atoms with E-state index in [1.165, 1.54) is 0 Å². The van der Waals surface area contributed by atoms with Crippen LogP contribution < -0.4 is 10.5 Å². The summed E-state index contributed by atoms with van der Waals surface area (Å²) >= 11 is 0. The number of nitrogens with two attached hydrogens (primary N) is 1. The van der Waals surface area contributed by atoms with Gasteiger partial charge in [0.05, 0.1) is 18.8 Å². The van der Waals surface area contributed by atoms with Crippen LogP contribution in [-0.2, 0) is 0 Å². The summed E-state index contributed by atoms with van der Waals surface area (Å²) in [5.41, 5.74) is 8.00. The molecule has 1 unspecified atom stereocenters. The zero-order valence-corrected chi connectivity index (χ0v) is 10.3. The summed E-state index contributed by atoms with van der Waals surface area (Å²) in [6, 6.07) is 9.94. The Kier molecular flexibility index (Phi) is 3.04. The maximum Gasteiger partial charge on any atom is 0.122 e. The molecule has 0 radical (unpaired) electrons. The minimum atomic E-state index is 0.120. The molecular formula is C13H17N3O. The number of rotatable bonds is 3. The summed E-state index contributed by atoms with van der Waals surface area (Å²) in [7, 11) is 1.66. The SMILES string of the molecule is COc1ccc(C(C)n2nc(C)cc2N)cc1. The van der Waals surface area contributed by atoms with Gasteiger partial charge in [0.2, 0.25) is 0 Å². The Hall–Kier alpha value is -1.97. The average molecular weight is 231 g/mol. The fourth-order valence-electron chi connectivity index (χ4n) is 1.87. The maximum absolute atomic E-state index is 5.91. The predicted molar refractivity (Wildman–Crippen MR) is 68.2 cm³/mol. The maximum atomic E-state index is 5.91. The topological polar surface area (TPSA) is 53.1 Å². The number of methoxy groups -OCH3 is 1. The van der Waals surface area contributed by atoms with Crippen LogP contribution in [0.4, 0.5) is 5.82 Å². The molecule has 90 valence electrons. The van der Waals surface area contributed by atoms with E-state index in [0.29, 0.717) is 5.82 Å². The van der Waals surface area contributed by atoms with Gasteiger partial charge in [0, 0.05) is 6.07 Å². The number of hydrogen-bond donors (Lipinski definition) is 1. The van der Waals surface area contributed by atoms with Crippen molar-refractivity contribution in [2.24, 2.45) is 0 Å². The second-order valence-corrected chi connectivity index (χ2v) is 4.10. The number of nitrogens with zero attached hydrogens (tertiary/aromatic N) is 2. The van der Waals surface area contributed by atoms with E-state index in [2.05, 4.69) is 12.0 Å². The first-order chi connectivity index (χ1) is 8.11. The van der Waals surface area contributed by atoms with Crippen molar-refractivity contribution < 1.29 is 4.74 Å². The summed E-state index contributed by atoms with van der Waals surface area (Å²) in [6.45, 7) is 4.01. The standard InChI is InChI=1S/C13H17N3O/c1-9-8-13(14)16(15-9)10(2)11-4-6-12(17-3)7-5-11/h4-8,10H,14H2,1-3H3. The molecule has 0 bridgehead atoms. The third-order valence-electron chi connectivity index (χ3n) is 2.85. The Labute approximate surface area is 101 Å². The van der Waals surface area contributed by atoms with E-state index in [1.54, 1.807) is 7.11 Å². The van der Waals surface area contributed by atoms with Crippen LogP contribution in [0.25, 0.3) is 0 Å². The highest BCUT2D eigenvalue weighted by Gasteiger charge is 2.12. The quantitative estimate of drug-likeness (QED) is 0.882. The van der Waals surface area contributed by atoms with Gasteiger partial charge >= 0.3 is 0 Å². The predicted octanol–water partition coefficient (Wildman–Crippen LogP) is 2.39. The second kappa shape index (κ2) is 4.49.